The van der Waals surface area contributed by atoms with E-state index in [1.165, 1.54) is 11.1 Å². The summed E-state index contributed by atoms with van der Waals surface area (Å²) in [5, 5.41) is 8.20. The van der Waals surface area contributed by atoms with Crippen LogP contribution < -0.4 is 0 Å². The Morgan fingerprint density at radius 2 is 1.86 bits per heavy atom. The van der Waals surface area contributed by atoms with Crippen molar-refractivity contribution in [1.82, 2.24) is 25.0 Å². The van der Waals surface area contributed by atoms with Gasteiger partial charge in [-0.15, -0.1) is 0 Å². The summed E-state index contributed by atoms with van der Waals surface area (Å²) in [5.41, 5.74) is 7.48. The van der Waals surface area contributed by atoms with E-state index in [1.54, 1.807) is 0 Å². The Bertz CT molecular complexity index is 1490. The first-order valence-electron chi connectivity index (χ1n) is 12.8. The average Bonchev–Trinajstić information content (AvgIpc) is 3.65. The van der Waals surface area contributed by atoms with Crippen molar-refractivity contribution in [3.05, 3.63) is 88.4 Å². The lowest BCUT2D eigenvalue weighted by atomic mass is 9.73. The maximum Gasteiger partial charge on any atom is 0.253 e. The van der Waals surface area contributed by atoms with Crippen LogP contribution in [0.15, 0.2) is 54.7 Å². The molecule has 1 unspecified atom stereocenters. The van der Waals surface area contributed by atoms with E-state index < -0.39 is 0 Å². The molecule has 7 heteroatoms. The Morgan fingerprint density at radius 3 is 2.69 bits per heavy atom. The van der Waals surface area contributed by atoms with E-state index >= 15 is 0 Å². The number of aryl methyl sites for hydroxylation is 1. The van der Waals surface area contributed by atoms with Gasteiger partial charge in [-0.25, -0.2) is 0 Å². The largest absolute Gasteiger partial charge is 0.359 e. The van der Waals surface area contributed by atoms with Crippen LogP contribution in [0.25, 0.3) is 10.9 Å². The fourth-order valence-electron chi connectivity index (χ4n) is 6.76. The van der Waals surface area contributed by atoms with Gasteiger partial charge >= 0.3 is 0 Å². The number of amides is 2. The molecule has 4 heterocycles. The molecule has 182 valence electrons. The molecule has 1 aliphatic carbocycles. The highest BCUT2D eigenvalue weighted by molar-refractivity contribution is 5.98. The zero-order valence-corrected chi connectivity index (χ0v) is 20.4. The molecule has 7 rings (SSSR count). The van der Waals surface area contributed by atoms with E-state index in [0.717, 1.165) is 52.7 Å². The number of hydrogen-bond donors (Lipinski definition) is 2. The van der Waals surface area contributed by atoms with Crippen molar-refractivity contribution in [2.24, 2.45) is 0 Å². The number of hydrogen-bond acceptors (Lipinski definition) is 3. The van der Waals surface area contributed by atoms with E-state index in [2.05, 4.69) is 39.4 Å². The number of fused-ring (bicyclic) bond motifs is 4. The number of H-pyrrole nitrogens is 2. The second-order valence-corrected chi connectivity index (χ2v) is 10.7. The van der Waals surface area contributed by atoms with E-state index in [0.29, 0.717) is 26.2 Å². The van der Waals surface area contributed by atoms with Gasteiger partial charge in [-0.05, 0) is 61.6 Å². The molecule has 2 amide bonds. The van der Waals surface area contributed by atoms with Gasteiger partial charge in [0.2, 0.25) is 5.91 Å². The number of nitrogens with one attached hydrogen (secondary N) is 2. The monoisotopic (exact) mass is 479 g/mol. The van der Waals surface area contributed by atoms with Crippen LogP contribution in [0.3, 0.4) is 0 Å². The van der Waals surface area contributed by atoms with E-state index in [9.17, 15) is 9.59 Å². The second-order valence-electron chi connectivity index (χ2n) is 10.7. The van der Waals surface area contributed by atoms with Crippen LogP contribution in [0.1, 0.15) is 63.6 Å². The molecule has 7 nitrogen and oxygen atoms in total. The molecule has 0 radical (unpaired) electrons. The van der Waals surface area contributed by atoms with E-state index in [-0.39, 0.29) is 23.1 Å². The summed E-state index contributed by atoms with van der Waals surface area (Å²) < 4.78 is 0. The van der Waals surface area contributed by atoms with Gasteiger partial charge in [0.15, 0.2) is 0 Å². The van der Waals surface area contributed by atoms with Crippen LogP contribution in [-0.2, 0) is 23.3 Å². The first-order valence-corrected chi connectivity index (χ1v) is 12.8. The number of rotatable bonds is 2. The first-order chi connectivity index (χ1) is 17.5. The molecule has 3 aliphatic rings. The third kappa shape index (κ3) is 3.22. The summed E-state index contributed by atoms with van der Waals surface area (Å²) in [5.74, 6) is 0.175. The number of likely N-dealkylation sites (tertiary alicyclic amines) is 1. The fourth-order valence-corrected chi connectivity index (χ4v) is 6.76. The number of nitrogens with zero attached hydrogens (tertiary/aromatic N) is 3. The van der Waals surface area contributed by atoms with Crippen LogP contribution in [-0.4, -0.2) is 49.9 Å². The van der Waals surface area contributed by atoms with Crippen molar-refractivity contribution in [2.75, 3.05) is 13.1 Å². The maximum absolute atomic E-state index is 13.7. The Labute approximate surface area is 209 Å². The molecule has 2 aromatic heterocycles. The highest BCUT2D eigenvalue weighted by Crippen LogP contribution is 2.52. The topological polar surface area (TPSA) is 85.1 Å². The molecule has 1 spiro atoms. The van der Waals surface area contributed by atoms with Crippen molar-refractivity contribution in [1.29, 1.82) is 0 Å². The summed E-state index contributed by atoms with van der Waals surface area (Å²) in [6.45, 7) is 4.68. The number of carbonyl (C=O) groups excluding carboxylic acids is 2. The highest BCUT2D eigenvalue weighted by Gasteiger charge is 2.49. The second kappa shape index (κ2) is 7.82. The zero-order chi connectivity index (χ0) is 24.4. The van der Waals surface area contributed by atoms with Gasteiger partial charge in [0.1, 0.15) is 0 Å². The summed E-state index contributed by atoms with van der Waals surface area (Å²) in [7, 11) is 0. The molecule has 2 aliphatic heterocycles. The normalized spacial score (nSPS) is 20.2. The van der Waals surface area contributed by atoms with Crippen molar-refractivity contribution in [3.8, 4) is 0 Å². The SMILES string of the molecule is Cc1cc2cc(C(=O)N3CCC4(CC3)CC(C(=O)N3Cc5cn[nH]c5C3)c3ccccc34)ccc2[nH]1. The van der Waals surface area contributed by atoms with Crippen molar-refractivity contribution >= 4 is 22.7 Å². The quantitative estimate of drug-likeness (QED) is 0.447. The number of carbonyl (C=O) groups is 2. The third-order valence-corrected chi connectivity index (χ3v) is 8.64. The molecule has 4 aromatic rings. The Balaban J connectivity index is 1.10. The molecule has 36 heavy (non-hydrogen) atoms. The molecule has 1 fully saturated rings. The molecule has 1 saturated heterocycles. The minimum atomic E-state index is -0.125. The van der Waals surface area contributed by atoms with Gasteiger partial charge < -0.3 is 14.8 Å². The molecular formula is C29H29N5O2. The van der Waals surface area contributed by atoms with Gasteiger partial charge in [-0.3, -0.25) is 14.7 Å². The van der Waals surface area contributed by atoms with Gasteiger partial charge in [0.25, 0.3) is 5.91 Å². The molecular weight excluding hydrogens is 450 g/mol. The summed E-state index contributed by atoms with van der Waals surface area (Å²) in [6.07, 6.45) is 4.42. The molecule has 0 bridgehead atoms. The molecule has 1 atom stereocenters. The molecule has 2 N–H and O–H groups in total. The van der Waals surface area contributed by atoms with Crippen molar-refractivity contribution in [3.63, 3.8) is 0 Å². The number of aromatic amines is 2. The Hall–Kier alpha value is -3.87. The van der Waals surface area contributed by atoms with Crippen LogP contribution in [0, 0.1) is 6.92 Å². The summed E-state index contributed by atoms with van der Waals surface area (Å²) in [6, 6.07) is 16.5. The van der Waals surface area contributed by atoms with Gasteiger partial charge in [-0.1, -0.05) is 24.3 Å². The average molecular weight is 480 g/mol. The zero-order valence-electron chi connectivity index (χ0n) is 20.4. The fraction of sp³-hybridized carbons (Fsp3) is 0.345. The van der Waals surface area contributed by atoms with Crippen LogP contribution in [0.5, 0.6) is 0 Å². The number of benzene rings is 2. The standard InChI is InChI=1S/C29H29N5O2/c1-18-12-20-13-19(6-7-25(20)31-18)27(35)33-10-8-29(9-11-33)14-23(22-4-2-3-5-24(22)29)28(36)34-16-21-15-30-32-26(21)17-34/h2-7,12-13,15,23,31H,8-11,14,16-17H2,1H3,(H,30,32). The minimum absolute atomic E-state index is 0.0506. The van der Waals surface area contributed by atoms with Gasteiger partial charge in [-0.2, -0.15) is 5.10 Å². The lowest BCUT2D eigenvalue weighted by Gasteiger charge is -2.40. The minimum Gasteiger partial charge on any atom is -0.359 e. The van der Waals surface area contributed by atoms with E-state index in [1.807, 2.05) is 47.2 Å². The smallest absolute Gasteiger partial charge is 0.253 e. The summed E-state index contributed by atoms with van der Waals surface area (Å²) in [4.78, 5) is 34.3. The van der Waals surface area contributed by atoms with E-state index in [4.69, 9.17) is 0 Å². The number of aromatic nitrogens is 3. The van der Waals surface area contributed by atoms with Crippen molar-refractivity contribution in [2.45, 2.75) is 50.6 Å². The predicted molar refractivity (Wildman–Crippen MR) is 136 cm³/mol. The van der Waals surface area contributed by atoms with Gasteiger partial charge in [0.05, 0.1) is 24.4 Å². The predicted octanol–water partition coefficient (Wildman–Crippen LogP) is 4.40. The lowest BCUT2D eigenvalue weighted by Crippen LogP contribution is -2.44. The lowest BCUT2D eigenvalue weighted by molar-refractivity contribution is -0.133. The van der Waals surface area contributed by atoms with Crippen molar-refractivity contribution < 1.29 is 9.59 Å². The number of piperidine rings is 1. The Morgan fingerprint density at radius 1 is 1.03 bits per heavy atom. The Kier molecular flexibility index (Phi) is 4.65. The third-order valence-electron chi connectivity index (χ3n) is 8.64. The van der Waals surface area contributed by atoms with Crippen LogP contribution in [0.2, 0.25) is 0 Å². The summed E-state index contributed by atoms with van der Waals surface area (Å²) >= 11 is 0. The first kappa shape index (κ1) is 21.4. The van der Waals surface area contributed by atoms with Crippen LogP contribution >= 0.6 is 0 Å². The highest BCUT2D eigenvalue weighted by atomic mass is 16.2. The van der Waals surface area contributed by atoms with Gasteiger partial charge in [0, 0.05) is 52.8 Å². The maximum atomic E-state index is 13.7. The molecule has 0 saturated carbocycles. The van der Waals surface area contributed by atoms with Crippen LogP contribution in [0.4, 0.5) is 0 Å². The molecule has 2 aromatic carbocycles.